The number of carbonyl (C=O) groups excluding carboxylic acids is 1. The number of morpholine rings is 1. The summed E-state index contributed by atoms with van der Waals surface area (Å²) >= 11 is 0. The molecular weight excluding hydrogens is 396 g/mol. The van der Waals surface area contributed by atoms with E-state index in [2.05, 4.69) is 15.2 Å². The van der Waals surface area contributed by atoms with E-state index in [1.54, 1.807) is 18.2 Å². The van der Waals surface area contributed by atoms with Crippen molar-refractivity contribution < 1.29 is 14.3 Å². The van der Waals surface area contributed by atoms with Gasteiger partial charge in [-0.3, -0.25) is 9.89 Å². The Morgan fingerprint density at radius 1 is 1.26 bits per heavy atom. The first-order valence-corrected chi connectivity index (χ1v) is 10.1. The van der Waals surface area contributed by atoms with Crippen molar-refractivity contribution in [2.45, 2.75) is 13.0 Å². The monoisotopic (exact) mass is 422 g/mol. The summed E-state index contributed by atoms with van der Waals surface area (Å²) in [5.41, 5.74) is 3.91. The molecule has 162 valence electrons. The number of aromatic amines is 1. The van der Waals surface area contributed by atoms with E-state index in [1.165, 1.54) is 0 Å². The van der Waals surface area contributed by atoms with Crippen molar-refractivity contribution in [2.24, 2.45) is 0 Å². The molecule has 1 aliphatic rings. The highest BCUT2D eigenvalue weighted by Crippen LogP contribution is 2.32. The molecule has 3 aromatic rings. The molecule has 0 aliphatic carbocycles. The lowest BCUT2D eigenvalue weighted by atomic mass is 10.0. The number of ether oxygens (including phenoxy) is 2. The standard InChI is InChI=1S/C22H26N6O3/c1-14-17(12-24-26-14)21(29)28-9-10-31-19(13-28)20-18(11-23-22(25-20)27(2)3)15-5-7-16(30-4)8-6-15/h5-8,11-12,19H,9-10,13H2,1-4H3,(H,24,26)/t19-/m0/s1. The predicted octanol–water partition coefficient (Wildman–Crippen LogP) is 2.46. The first-order chi connectivity index (χ1) is 15.0. The number of hydrogen-bond acceptors (Lipinski definition) is 7. The number of amides is 1. The second-order valence-electron chi connectivity index (χ2n) is 7.61. The van der Waals surface area contributed by atoms with Crippen LogP contribution in [0.3, 0.4) is 0 Å². The fourth-order valence-corrected chi connectivity index (χ4v) is 3.57. The molecule has 9 nitrogen and oxygen atoms in total. The first kappa shape index (κ1) is 20.8. The molecule has 31 heavy (non-hydrogen) atoms. The van der Waals surface area contributed by atoms with E-state index in [0.29, 0.717) is 31.2 Å². The maximum atomic E-state index is 13.0. The van der Waals surface area contributed by atoms with Crippen molar-refractivity contribution >= 4 is 11.9 Å². The van der Waals surface area contributed by atoms with Gasteiger partial charge in [-0.25, -0.2) is 9.97 Å². The maximum absolute atomic E-state index is 13.0. The van der Waals surface area contributed by atoms with E-state index in [1.807, 2.05) is 56.4 Å². The minimum atomic E-state index is -0.372. The first-order valence-electron chi connectivity index (χ1n) is 10.1. The smallest absolute Gasteiger partial charge is 0.257 e. The highest BCUT2D eigenvalue weighted by Gasteiger charge is 2.30. The van der Waals surface area contributed by atoms with Crippen LogP contribution in [-0.4, -0.2) is 71.9 Å². The van der Waals surface area contributed by atoms with Crippen LogP contribution in [-0.2, 0) is 4.74 Å². The van der Waals surface area contributed by atoms with Gasteiger partial charge in [0, 0.05) is 38.1 Å². The van der Waals surface area contributed by atoms with E-state index in [9.17, 15) is 4.79 Å². The van der Waals surface area contributed by atoms with Crippen LogP contribution in [0.1, 0.15) is 27.8 Å². The van der Waals surface area contributed by atoms with Gasteiger partial charge < -0.3 is 19.3 Å². The maximum Gasteiger partial charge on any atom is 0.257 e. The summed E-state index contributed by atoms with van der Waals surface area (Å²) in [5.74, 6) is 1.30. The Bertz CT molecular complexity index is 1060. The van der Waals surface area contributed by atoms with Gasteiger partial charge in [-0.15, -0.1) is 0 Å². The van der Waals surface area contributed by atoms with Crippen LogP contribution >= 0.6 is 0 Å². The number of hydrogen-bond donors (Lipinski definition) is 1. The predicted molar refractivity (Wildman–Crippen MR) is 116 cm³/mol. The van der Waals surface area contributed by atoms with Crippen LogP contribution in [0.25, 0.3) is 11.1 Å². The largest absolute Gasteiger partial charge is 0.497 e. The molecule has 0 radical (unpaired) electrons. The lowest BCUT2D eigenvalue weighted by Gasteiger charge is -2.33. The number of aryl methyl sites for hydroxylation is 1. The van der Waals surface area contributed by atoms with Crippen molar-refractivity contribution in [1.82, 2.24) is 25.1 Å². The van der Waals surface area contributed by atoms with Gasteiger partial charge in [0.2, 0.25) is 5.95 Å². The Balaban J connectivity index is 1.68. The Kier molecular flexibility index (Phi) is 5.85. The molecule has 0 unspecified atom stereocenters. The number of carbonyl (C=O) groups is 1. The third-order valence-electron chi connectivity index (χ3n) is 5.33. The number of nitrogens with zero attached hydrogens (tertiary/aromatic N) is 5. The summed E-state index contributed by atoms with van der Waals surface area (Å²) in [5, 5.41) is 6.80. The highest BCUT2D eigenvalue weighted by atomic mass is 16.5. The Hall–Kier alpha value is -3.46. The molecule has 0 saturated carbocycles. The molecule has 1 fully saturated rings. The average molecular weight is 422 g/mol. The number of H-pyrrole nitrogens is 1. The molecule has 1 amide bonds. The van der Waals surface area contributed by atoms with Gasteiger partial charge in [-0.1, -0.05) is 12.1 Å². The van der Waals surface area contributed by atoms with Crippen LogP contribution in [0.4, 0.5) is 5.95 Å². The van der Waals surface area contributed by atoms with Gasteiger partial charge in [0.1, 0.15) is 11.9 Å². The van der Waals surface area contributed by atoms with Crippen LogP contribution in [0.15, 0.2) is 36.7 Å². The number of nitrogens with one attached hydrogen (secondary N) is 1. The molecule has 1 atom stereocenters. The van der Waals surface area contributed by atoms with Gasteiger partial charge >= 0.3 is 0 Å². The van der Waals surface area contributed by atoms with Gasteiger partial charge in [0.25, 0.3) is 5.91 Å². The Labute approximate surface area is 181 Å². The molecule has 0 bridgehead atoms. The molecule has 1 aromatic carbocycles. The van der Waals surface area contributed by atoms with Crippen molar-refractivity contribution in [3.05, 3.63) is 53.6 Å². The van der Waals surface area contributed by atoms with Gasteiger partial charge in [-0.2, -0.15) is 5.10 Å². The molecule has 1 aliphatic heterocycles. The molecule has 3 heterocycles. The second kappa shape index (κ2) is 8.73. The van der Waals surface area contributed by atoms with Crippen LogP contribution in [0.2, 0.25) is 0 Å². The minimum Gasteiger partial charge on any atom is -0.497 e. The van der Waals surface area contributed by atoms with Gasteiger partial charge in [-0.05, 0) is 24.6 Å². The van der Waals surface area contributed by atoms with Crippen LogP contribution in [0.5, 0.6) is 5.75 Å². The molecule has 9 heteroatoms. The molecule has 1 saturated heterocycles. The number of aromatic nitrogens is 4. The normalized spacial score (nSPS) is 16.3. The average Bonchev–Trinajstić information content (AvgIpc) is 3.24. The summed E-state index contributed by atoms with van der Waals surface area (Å²) in [6.07, 6.45) is 3.01. The van der Waals surface area contributed by atoms with E-state index in [-0.39, 0.29) is 12.0 Å². The van der Waals surface area contributed by atoms with Crippen molar-refractivity contribution in [2.75, 3.05) is 45.8 Å². The fraction of sp³-hybridized carbons (Fsp3) is 0.364. The number of methoxy groups -OCH3 is 1. The molecule has 0 spiro atoms. The van der Waals surface area contributed by atoms with Crippen molar-refractivity contribution in [3.8, 4) is 16.9 Å². The second-order valence-corrected chi connectivity index (χ2v) is 7.61. The number of anilines is 1. The lowest BCUT2D eigenvalue weighted by molar-refractivity contribution is -0.0244. The summed E-state index contributed by atoms with van der Waals surface area (Å²) in [4.78, 5) is 25.9. The summed E-state index contributed by atoms with van der Waals surface area (Å²) in [6.45, 7) is 3.18. The molecule has 2 aromatic heterocycles. The van der Waals surface area contributed by atoms with E-state index >= 15 is 0 Å². The van der Waals surface area contributed by atoms with Gasteiger partial charge in [0.15, 0.2) is 0 Å². The zero-order chi connectivity index (χ0) is 22.0. The molecular formula is C22H26N6O3. The van der Waals surface area contributed by atoms with E-state index in [4.69, 9.17) is 14.5 Å². The summed E-state index contributed by atoms with van der Waals surface area (Å²) in [6, 6.07) is 7.74. The van der Waals surface area contributed by atoms with E-state index < -0.39 is 0 Å². The van der Waals surface area contributed by atoms with Gasteiger partial charge in [0.05, 0.1) is 37.7 Å². The molecule has 4 rings (SSSR count). The molecule has 1 N–H and O–H groups in total. The lowest BCUT2D eigenvalue weighted by Crippen LogP contribution is -2.42. The topological polar surface area (TPSA) is 96.5 Å². The van der Waals surface area contributed by atoms with Crippen molar-refractivity contribution in [3.63, 3.8) is 0 Å². The highest BCUT2D eigenvalue weighted by molar-refractivity contribution is 5.95. The van der Waals surface area contributed by atoms with Crippen LogP contribution in [0, 0.1) is 6.92 Å². The van der Waals surface area contributed by atoms with Crippen molar-refractivity contribution in [1.29, 1.82) is 0 Å². The third kappa shape index (κ3) is 4.22. The minimum absolute atomic E-state index is 0.0626. The summed E-state index contributed by atoms with van der Waals surface area (Å²) in [7, 11) is 5.43. The zero-order valence-corrected chi connectivity index (χ0v) is 18.1. The number of benzene rings is 1. The third-order valence-corrected chi connectivity index (χ3v) is 5.33. The van der Waals surface area contributed by atoms with E-state index in [0.717, 1.165) is 28.3 Å². The fourth-order valence-electron chi connectivity index (χ4n) is 3.57. The zero-order valence-electron chi connectivity index (χ0n) is 18.1. The Morgan fingerprint density at radius 3 is 2.68 bits per heavy atom. The number of rotatable bonds is 5. The summed E-state index contributed by atoms with van der Waals surface area (Å²) < 4.78 is 11.4. The SMILES string of the molecule is COc1ccc(-c2cnc(N(C)C)nc2[C@@H]2CN(C(=O)c3cn[nH]c3C)CCO2)cc1. The van der Waals surface area contributed by atoms with Crippen LogP contribution < -0.4 is 9.64 Å². The Morgan fingerprint density at radius 2 is 2.03 bits per heavy atom. The quantitative estimate of drug-likeness (QED) is 0.675.